The Bertz CT molecular complexity index is 1160. The fraction of sp³-hybridized carbons (Fsp3) is 0.348. The van der Waals surface area contributed by atoms with Gasteiger partial charge in [-0.15, -0.1) is 0 Å². The average molecular weight is 457 g/mol. The SMILES string of the molecule is CC[C@H](C)[C@H](N=C1NS(=O)(=O)c2ccccc21)C(=O)Nc1cccc(CN(C)C(C)=O)c1. The van der Waals surface area contributed by atoms with Crippen molar-refractivity contribution in [2.45, 2.75) is 44.7 Å². The number of amidine groups is 1. The Balaban J connectivity index is 1.86. The van der Waals surface area contributed by atoms with Crippen molar-refractivity contribution in [2.24, 2.45) is 10.9 Å². The van der Waals surface area contributed by atoms with E-state index in [0.29, 0.717) is 24.2 Å². The molecule has 0 saturated carbocycles. The van der Waals surface area contributed by atoms with Crippen LogP contribution in [-0.4, -0.2) is 44.1 Å². The van der Waals surface area contributed by atoms with Gasteiger partial charge in [-0.1, -0.05) is 44.5 Å². The third kappa shape index (κ3) is 5.16. The Morgan fingerprint density at radius 2 is 1.88 bits per heavy atom. The Labute approximate surface area is 188 Å². The van der Waals surface area contributed by atoms with Gasteiger partial charge in [-0.25, -0.2) is 8.42 Å². The molecule has 0 aliphatic carbocycles. The van der Waals surface area contributed by atoms with Crippen molar-refractivity contribution in [1.82, 2.24) is 9.62 Å². The first kappa shape index (κ1) is 23.5. The fourth-order valence-corrected chi connectivity index (χ4v) is 4.62. The minimum absolute atomic E-state index is 0.0496. The van der Waals surface area contributed by atoms with E-state index in [4.69, 9.17) is 0 Å². The molecule has 2 atom stereocenters. The first-order chi connectivity index (χ1) is 15.1. The average Bonchev–Trinajstić information content (AvgIpc) is 3.01. The molecule has 2 aromatic carbocycles. The maximum Gasteiger partial charge on any atom is 0.263 e. The second-order valence-electron chi connectivity index (χ2n) is 7.97. The van der Waals surface area contributed by atoms with Gasteiger partial charge in [0.1, 0.15) is 11.9 Å². The van der Waals surface area contributed by atoms with Crippen LogP contribution >= 0.6 is 0 Å². The smallest absolute Gasteiger partial charge is 0.263 e. The number of nitrogens with zero attached hydrogens (tertiary/aromatic N) is 2. The normalized spacial score (nSPS) is 17.2. The zero-order valence-electron chi connectivity index (χ0n) is 18.6. The molecule has 1 heterocycles. The molecule has 9 heteroatoms. The number of benzene rings is 2. The molecule has 0 saturated heterocycles. The summed E-state index contributed by atoms with van der Waals surface area (Å²) in [6.07, 6.45) is 0.687. The van der Waals surface area contributed by atoms with E-state index in [0.717, 1.165) is 5.56 Å². The number of fused-ring (bicyclic) bond motifs is 1. The van der Waals surface area contributed by atoms with Crippen molar-refractivity contribution in [3.05, 3.63) is 59.7 Å². The zero-order chi connectivity index (χ0) is 23.5. The summed E-state index contributed by atoms with van der Waals surface area (Å²) < 4.78 is 27.3. The van der Waals surface area contributed by atoms with Gasteiger partial charge in [0, 0.05) is 31.8 Å². The third-order valence-electron chi connectivity index (χ3n) is 5.53. The quantitative estimate of drug-likeness (QED) is 0.668. The van der Waals surface area contributed by atoms with Gasteiger partial charge >= 0.3 is 0 Å². The van der Waals surface area contributed by atoms with Crippen molar-refractivity contribution in [3.63, 3.8) is 0 Å². The topological polar surface area (TPSA) is 108 Å². The number of carbonyl (C=O) groups is 2. The van der Waals surface area contributed by atoms with Crippen LogP contribution in [0.4, 0.5) is 5.69 Å². The first-order valence-electron chi connectivity index (χ1n) is 10.4. The van der Waals surface area contributed by atoms with E-state index in [2.05, 4.69) is 15.0 Å². The number of carbonyl (C=O) groups excluding carboxylic acids is 2. The van der Waals surface area contributed by atoms with E-state index in [9.17, 15) is 18.0 Å². The lowest BCUT2D eigenvalue weighted by Gasteiger charge is -2.20. The fourth-order valence-electron chi connectivity index (χ4n) is 3.39. The van der Waals surface area contributed by atoms with Gasteiger partial charge in [-0.3, -0.25) is 19.3 Å². The van der Waals surface area contributed by atoms with Crippen LogP contribution in [0.5, 0.6) is 0 Å². The summed E-state index contributed by atoms with van der Waals surface area (Å²) in [4.78, 5) is 30.9. The lowest BCUT2D eigenvalue weighted by molar-refractivity contribution is -0.128. The van der Waals surface area contributed by atoms with E-state index in [1.54, 1.807) is 36.2 Å². The highest BCUT2D eigenvalue weighted by molar-refractivity contribution is 7.90. The number of rotatable bonds is 7. The van der Waals surface area contributed by atoms with Gasteiger partial charge in [0.15, 0.2) is 0 Å². The summed E-state index contributed by atoms with van der Waals surface area (Å²) in [7, 11) is -1.97. The molecule has 0 bridgehead atoms. The summed E-state index contributed by atoms with van der Waals surface area (Å²) in [6.45, 7) is 5.78. The molecule has 0 spiro atoms. The molecule has 8 nitrogen and oxygen atoms in total. The predicted molar refractivity (Wildman–Crippen MR) is 124 cm³/mol. The number of hydrogen-bond donors (Lipinski definition) is 2. The number of anilines is 1. The molecular weight excluding hydrogens is 428 g/mol. The van der Waals surface area contributed by atoms with Crippen LogP contribution in [-0.2, 0) is 26.2 Å². The van der Waals surface area contributed by atoms with Gasteiger partial charge in [-0.2, -0.15) is 0 Å². The second kappa shape index (κ2) is 9.52. The molecule has 1 aliphatic rings. The van der Waals surface area contributed by atoms with Crippen LogP contribution in [0.15, 0.2) is 58.4 Å². The van der Waals surface area contributed by atoms with Crippen molar-refractivity contribution in [3.8, 4) is 0 Å². The number of hydrogen-bond acceptors (Lipinski definition) is 5. The summed E-state index contributed by atoms with van der Waals surface area (Å²) >= 11 is 0. The van der Waals surface area contributed by atoms with Gasteiger partial charge < -0.3 is 10.2 Å². The lowest BCUT2D eigenvalue weighted by atomic mass is 9.98. The molecule has 2 N–H and O–H groups in total. The maximum atomic E-state index is 13.2. The number of aliphatic imine (C=N–C) groups is 1. The van der Waals surface area contributed by atoms with Crippen molar-refractivity contribution >= 4 is 33.4 Å². The first-order valence-corrected chi connectivity index (χ1v) is 11.9. The van der Waals surface area contributed by atoms with E-state index in [1.807, 2.05) is 32.0 Å². The second-order valence-corrected chi connectivity index (χ2v) is 9.63. The summed E-state index contributed by atoms with van der Waals surface area (Å²) in [5.74, 6) is -0.316. The molecule has 1 aliphatic heterocycles. The molecule has 2 aromatic rings. The number of nitrogens with one attached hydrogen (secondary N) is 2. The number of sulfonamides is 1. The molecular formula is C23H28N4O4S. The van der Waals surface area contributed by atoms with Gasteiger partial charge in [0.25, 0.3) is 10.0 Å². The van der Waals surface area contributed by atoms with E-state index >= 15 is 0 Å². The van der Waals surface area contributed by atoms with Crippen LogP contribution in [0.3, 0.4) is 0 Å². The highest BCUT2D eigenvalue weighted by atomic mass is 32.2. The summed E-state index contributed by atoms with van der Waals surface area (Å²) in [5, 5.41) is 2.89. The third-order valence-corrected chi connectivity index (χ3v) is 6.93. The maximum absolute atomic E-state index is 13.2. The molecule has 32 heavy (non-hydrogen) atoms. The van der Waals surface area contributed by atoms with E-state index in [1.165, 1.54) is 13.0 Å². The van der Waals surface area contributed by atoms with Crippen molar-refractivity contribution < 1.29 is 18.0 Å². The monoisotopic (exact) mass is 456 g/mol. The summed E-state index contributed by atoms with van der Waals surface area (Å²) in [6, 6.07) is 13.1. The van der Waals surface area contributed by atoms with Crippen molar-refractivity contribution in [1.29, 1.82) is 0 Å². The highest BCUT2D eigenvalue weighted by Crippen LogP contribution is 2.24. The summed E-state index contributed by atoms with van der Waals surface area (Å²) in [5.41, 5.74) is 1.93. The van der Waals surface area contributed by atoms with Crippen LogP contribution in [0.2, 0.25) is 0 Å². The van der Waals surface area contributed by atoms with Crippen LogP contribution in [0, 0.1) is 5.92 Å². The van der Waals surface area contributed by atoms with Gasteiger partial charge in [0.2, 0.25) is 11.8 Å². The molecule has 0 aromatic heterocycles. The van der Waals surface area contributed by atoms with Gasteiger partial charge in [0.05, 0.1) is 4.90 Å². The Morgan fingerprint density at radius 3 is 2.56 bits per heavy atom. The standard InChI is InChI=1S/C23H28N4O4S/c1-5-15(2)21(25-22-19-11-6-7-12-20(19)32(30,31)26-22)23(29)24-18-10-8-9-17(13-18)14-27(4)16(3)28/h6-13,15,21H,5,14H2,1-4H3,(H,24,29)(H,25,26)/t15-,21-/m0/s1. The van der Waals surface area contributed by atoms with Gasteiger partial charge in [-0.05, 0) is 35.7 Å². The zero-order valence-corrected chi connectivity index (χ0v) is 19.4. The largest absolute Gasteiger partial charge is 0.342 e. The molecule has 0 radical (unpaired) electrons. The molecule has 170 valence electrons. The predicted octanol–water partition coefficient (Wildman–Crippen LogP) is 2.76. The number of amides is 2. The Kier molecular flexibility index (Phi) is 6.98. The molecule has 2 amide bonds. The van der Waals surface area contributed by atoms with E-state index < -0.39 is 16.1 Å². The van der Waals surface area contributed by atoms with E-state index in [-0.39, 0.29) is 28.5 Å². The molecule has 0 unspecified atom stereocenters. The van der Waals surface area contributed by atoms with Crippen LogP contribution in [0.25, 0.3) is 0 Å². The molecule has 0 fully saturated rings. The lowest BCUT2D eigenvalue weighted by Crippen LogP contribution is -2.35. The Hall–Kier alpha value is -3.20. The molecule has 3 rings (SSSR count). The van der Waals surface area contributed by atoms with Crippen LogP contribution in [0.1, 0.15) is 38.3 Å². The highest BCUT2D eigenvalue weighted by Gasteiger charge is 2.33. The minimum atomic E-state index is -3.69. The van der Waals surface area contributed by atoms with Crippen LogP contribution < -0.4 is 10.0 Å². The van der Waals surface area contributed by atoms with Crippen molar-refractivity contribution in [2.75, 3.05) is 12.4 Å². The Morgan fingerprint density at radius 1 is 1.16 bits per heavy atom. The minimum Gasteiger partial charge on any atom is -0.342 e.